The lowest BCUT2D eigenvalue weighted by molar-refractivity contribution is -0.127. The molecule has 2 amide bonds. The molecular weight excluding hydrogens is 336 g/mol. The number of nitrogens with zero attached hydrogens (tertiary/aromatic N) is 1. The smallest absolute Gasteiger partial charge is 0.227 e. The normalized spacial score (nSPS) is 26.3. The van der Waals surface area contributed by atoms with E-state index >= 15 is 0 Å². The molecule has 0 bridgehead atoms. The molecule has 1 heterocycles. The Bertz CT molecular complexity index is 689. The molecule has 1 N–H and O–H groups in total. The van der Waals surface area contributed by atoms with Crippen LogP contribution in [0.25, 0.3) is 0 Å². The van der Waals surface area contributed by atoms with Gasteiger partial charge in [0.15, 0.2) is 0 Å². The quantitative estimate of drug-likeness (QED) is 0.832. The maximum Gasteiger partial charge on any atom is 0.227 e. The number of nitrogens with one attached hydrogen (secondary N) is 1. The van der Waals surface area contributed by atoms with Crippen LogP contribution in [0.3, 0.4) is 0 Å². The number of hydrogen-bond donors (Lipinski definition) is 1. The highest BCUT2D eigenvalue weighted by atomic mass is 16.2. The zero-order valence-corrected chi connectivity index (χ0v) is 17.3. The first-order valence-electron chi connectivity index (χ1n) is 10.5. The summed E-state index contributed by atoms with van der Waals surface area (Å²) >= 11 is 0. The molecule has 1 aliphatic carbocycles. The Kier molecular flexibility index (Phi) is 5.92. The van der Waals surface area contributed by atoms with Gasteiger partial charge in [-0.3, -0.25) is 9.59 Å². The number of carbonyl (C=O) groups excluding carboxylic acids is 2. The van der Waals surface area contributed by atoms with Crippen LogP contribution in [0.1, 0.15) is 64.9 Å². The van der Waals surface area contributed by atoms with Crippen molar-refractivity contribution in [2.24, 2.45) is 17.3 Å². The highest BCUT2D eigenvalue weighted by Crippen LogP contribution is 2.40. The van der Waals surface area contributed by atoms with E-state index in [1.165, 1.54) is 19.3 Å². The van der Waals surface area contributed by atoms with Gasteiger partial charge in [-0.05, 0) is 61.6 Å². The third-order valence-electron chi connectivity index (χ3n) is 6.90. The topological polar surface area (TPSA) is 49.4 Å². The average Bonchev–Trinajstić information content (AvgIpc) is 3.04. The van der Waals surface area contributed by atoms with Gasteiger partial charge in [-0.15, -0.1) is 0 Å². The van der Waals surface area contributed by atoms with E-state index in [9.17, 15) is 9.59 Å². The van der Waals surface area contributed by atoms with Crippen molar-refractivity contribution in [3.8, 4) is 0 Å². The number of rotatable bonds is 5. The molecule has 27 heavy (non-hydrogen) atoms. The van der Waals surface area contributed by atoms with Crippen LogP contribution in [0, 0.1) is 24.2 Å². The fourth-order valence-corrected chi connectivity index (χ4v) is 4.56. The molecule has 4 heteroatoms. The molecular formula is C23H34N2O2. The number of carbonyl (C=O) groups is 2. The summed E-state index contributed by atoms with van der Waals surface area (Å²) in [6, 6.07) is 8.20. The van der Waals surface area contributed by atoms with Crippen molar-refractivity contribution in [2.75, 3.05) is 11.4 Å². The summed E-state index contributed by atoms with van der Waals surface area (Å²) in [6.45, 7) is 9.50. The third-order valence-corrected chi connectivity index (χ3v) is 6.90. The van der Waals surface area contributed by atoms with Gasteiger partial charge >= 0.3 is 0 Å². The molecule has 1 aliphatic heterocycles. The molecule has 2 aliphatic rings. The minimum atomic E-state index is -0.234. The van der Waals surface area contributed by atoms with Crippen LogP contribution in [0.4, 0.5) is 5.69 Å². The summed E-state index contributed by atoms with van der Waals surface area (Å²) in [7, 11) is 0. The summed E-state index contributed by atoms with van der Waals surface area (Å²) in [5.74, 6) is 0.620. The lowest BCUT2D eigenvalue weighted by Gasteiger charge is -2.39. The van der Waals surface area contributed by atoms with Crippen LogP contribution in [-0.4, -0.2) is 24.4 Å². The van der Waals surface area contributed by atoms with Crippen molar-refractivity contribution in [1.82, 2.24) is 5.32 Å². The number of benzene rings is 1. The molecule has 1 aromatic carbocycles. The Labute approximate surface area is 163 Å². The Balaban J connectivity index is 1.53. The summed E-state index contributed by atoms with van der Waals surface area (Å²) < 4.78 is 0. The Morgan fingerprint density at radius 3 is 2.56 bits per heavy atom. The molecule has 0 aromatic heterocycles. The van der Waals surface area contributed by atoms with Gasteiger partial charge in [0.2, 0.25) is 11.8 Å². The standard InChI is InChI=1S/C23H34N2O2/c1-5-23(3,4)18-9-11-19(12-10-18)24-22(27)17-14-21(26)25(15-17)20-8-6-7-16(2)13-20/h6-8,13,17-19H,5,9-12,14-15H2,1-4H3,(H,24,27)/t17-,18?,19?/m0/s1. The maximum atomic E-state index is 12.7. The SMILES string of the molecule is CCC(C)(C)C1CCC(NC(=O)[C@H]2CC(=O)N(c3cccc(C)c3)C2)CC1. The van der Waals surface area contributed by atoms with Gasteiger partial charge in [0.25, 0.3) is 0 Å². The Morgan fingerprint density at radius 1 is 1.22 bits per heavy atom. The van der Waals surface area contributed by atoms with Crippen molar-refractivity contribution in [1.29, 1.82) is 0 Å². The van der Waals surface area contributed by atoms with E-state index in [0.717, 1.165) is 30.0 Å². The van der Waals surface area contributed by atoms with Crippen LogP contribution in [0.2, 0.25) is 0 Å². The van der Waals surface area contributed by atoms with Gasteiger partial charge in [-0.1, -0.05) is 39.3 Å². The maximum absolute atomic E-state index is 12.7. The predicted octanol–water partition coefficient (Wildman–Crippen LogP) is 4.46. The molecule has 0 spiro atoms. The van der Waals surface area contributed by atoms with Gasteiger partial charge in [0, 0.05) is 24.7 Å². The van der Waals surface area contributed by atoms with Gasteiger partial charge in [-0.25, -0.2) is 0 Å². The van der Waals surface area contributed by atoms with E-state index in [2.05, 4.69) is 26.1 Å². The fourth-order valence-electron chi connectivity index (χ4n) is 4.56. The predicted molar refractivity (Wildman–Crippen MR) is 110 cm³/mol. The minimum absolute atomic E-state index is 0.0501. The molecule has 1 saturated heterocycles. The summed E-state index contributed by atoms with van der Waals surface area (Å²) in [5, 5.41) is 3.24. The lowest BCUT2D eigenvalue weighted by atomic mass is 9.69. The Morgan fingerprint density at radius 2 is 1.93 bits per heavy atom. The second kappa shape index (κ2) is 8.04. The third kappa shape index (κ3) is 4.53. The first-order chi connectivity index (χ1) is 12.8. The van der Waals surface area contributed by atoms with Gasteiger partial charge in [0.05, 0.1) is 5.92 Å². The van der Waals surface area contributed by atoms with E-state index in [4.69, 9.17) is 0 Å². The van der Waals surface area contributed by atoms with Gasteiger partial charge < -0.3 is 10.2 Å². The first-order valence-corrected chi connectivity index (χ1v) is 10.5. The highest BCUT2D eigenvalue weighted by Gasteiger charge is 2.37. The number of anilines is 1. The number of aryl methyl sites for hydroxylation is 1. The molecule has 3 rings (SSSR count). The van der Waals surface area contributed by atoms with Crippen molar-refractivity contribution in [3.63, 3.8) is 0 Å². The second-order valence-corrected chi connectivity index (χ2v) is 9.14. The van der Waals surface area contributed by atoms with Crippen LogP contribution in [0.15, 0.2) is 24.3 Å². The zero-order valence-electron chi connectivity index (χ0n) is 17.3. The average molecular weight is 371 g/mol. The van der Waals surface area contributed by atoms with Crippen LogP contribution < -0.4 is 10.2 Å². The van der Waals surface area contributed by atoms with E-state index in [0.29, 0.717) is 18.4 Å². The first kappa shape index (κ1) is 19.9. The monoisotopic (exact) mass is 370 g/mol. The van der Waals surface area contributed by atoms with Crippen LogP contribution >= 0.6 is 0 Å². The van der Waals surface area contributed by atoms with Gasteiger partial charge in [-0.2, -0.15) is 0 Å². The molecule has 4 nitrogen and oxygen atoms in total. The molecule has 148 valence electrons. The number of hydrogen-bond acceptors (Lipinski definition) is 2. The van der Waals surface area contributed by atoms with Crippen molar-refractivity contribution in [2.45, 2.75) is 72.3 Å². The van der Waals surface area contributed by atoms with E-state index in [1.54, 1.807) is 4.90 Å². The largest absolute Gasteiger partial charge is 0.353 e. The van der Waals surface area contributed by atoms with Crippen molar-refractivity contribution < 1.29 is 9.59 Å². The minimum Gasteiger partial charge on any atom is -0.353 e. The molecule has 1 saturated carbocycles. The van der Waals surface area contributed by atoms with Gasteiger partial charge in [0.1, 0.15) is 0 Å². The summed E-state index contributed by atoms with van der Waals surface area (Å²) in [5.41, 5.74) is 2.42. The van der Waals surface area contributed by atoms with Crippen LogP contribution in [0.5, 0.6) is 0 Å². The highest BCUT2D eigenvalue weighted by molar-refractivity contribution is 6.00. The molecule has 2 fully saturated rings. The van der Waals surface area contributed by atoms with E-state index < -0.39 is 0 Å². The zero-order chi connectivity index (χ0) is 19.6. The molecule has 0 unspecified atom stereocenters. The summed E-state index contributed by atoms with van der Waals surface area (Å²) in [4.78, 5) is 26.9. The molecule has 0 radical (unpaired) electrons. The fraction of sp³-hybridized carbons (Fsp3) is 0.652. The number of amides is 2. The molecule has 1 atom stereocenters. The van der Waals surface area contributed by atoms with Crippen molar-refractivity contribution >= 4 is 17.5 Å². The Hall–Kier alpha value is -1.84. The lowest BCUT2D eigenvalue weighted by Crippen LogP contribution is -2.43. The second-order valence-electron chi connectivity index (χ2n) is 9.14. The summed E-state index contributed by atoms with van der Waals surface area (Å²) in [6.07, 6.45) is 6.01. The van der Waals surface area contributed by atoms with E-state index in [1.807, 2.05) is 31.2 Å². The molecule has 1 aromatic rings. The van der Waals surface area contributed by atoms with Crippen molar-refractivity contribution in [3.05, 3.63) is 29.8 Å². The van der Waals surface area contributed by atoms with E-state index in [-0.39, 0.29) is 23.8 Å². The van der Waals surface area contributed by atoms with Crippen LogP contribution in [-0.2, 0) is 9.59 Å².